The lowest BCUT2D eigenvalue weighted by molar-refractivity contribution is 0.0950. The molecular weight excluding hydrogens is 340 g/mol. The first-order valence-electron chi connectivity index (χ1n) is 9.55. The number of nitrogens with one attached hydrogen (secondary N) is 1. The van der Waals surface area contributed by atoms with E-state index in [1.165, 1.54) is 0 Å². The van der Waals surface area contributed by atoms with Crippen LogP contribution in [-0.2, 0) is 11.3 Å². The summed E-state index contributed by atoms with van der Waals surface area (Å²) in [4.78, 5) is 14.9. The zero-order valence-electron chi connectivity index (χ0n) is 16.1. The molecule has 1 saturated heterocycles. The minimum absolute atomic E-state index is 0.0956. The monoisotopic (exact) mass is 368 g/mol. The van der Waals surface area contributed by atoms with Crippen molar-refractivity contribution in [1.29, 1.82) is 0 Å². The van der Waals surface area contributed by atoms with E-state index in [-0.39, 0.29) is 5.91 Å². The molecule has 0 radical (unpaired) electrons. The molecule has 2 aromatic carbocycles. The summed E-state index contributed by atoms with van der Waals surface area (Å²) in [6, 6.07) is 15.5. The first-order valence-corrected chi connectivity index (χ1v) is 9.55. The van der Waals surface area contributed by atoms with Gasteiger partial charge in [0.25, 0.3) is 5.91 Å². The van der Waals surface area contributed by atoms with Crippen LogP contribution in [0, 0.1) is 5.92 Å². The predicted octanol–water partition coefficient (Wildman–Crippen LogP) is 3.49. The van der Waals surface area contributed by atoms with E-state index in [1.54, 1.807) is 6.07 Å². The molecule has 3 rings (SSSR count). The quantitative estimate of drug-likeness (QED) is 0.813. The number of benzene rings is 2. The summed E-state index contributed by atoms with van der Waals surface area (Å²) in [5.74, 6) is 1.08. The molecule has 0 bridgehead atoms. The fourth-order valence-electron chi connectivity index (χ4n) is 3.04. The number of ether oxygens (including phenoxy) is 2. The average molecular weight is 368 g/mol. The zero-order valence-corrected chi connectivity index (χ0v) is 16.1. The highest BCUT2D eigenvalue weighted by Crippen LogP contribution is 2.21. The maximum atomic E-state index is 12.6. The minimum Gasteiger partial charge on any atom is -0.493 e. The summed E-state index contributed by atoms with van der Waals surface area (Å²) in [5.41, 5.74) is 2.88. The van der Waals surface area contributed by atoms with Gasteiger partial charge < -0.3 is 19.7 Å². The molecule has 5 heteroatoms. The highest BCUT2D eigenvalue weighted by atomic mass is 16.5. The van der Waals surface area contributed by atoms with Crippen LogP contribution in [0.15, 0.2) is 48.5 Å². The van der Waals surface area contributed by atoms with E-state index < -0.39 is 0 Å². The lowest BCUT2D eigenvalue weighted by atomic mass is 10.1. The lowest BCUT2D eigenvalue weighted by Gasteiger charge is -2.30. The number of carbonyl (C=O) groups excluding carboxylic acids is 1. The van der Waals surface area contributed by atoms with Gasteiger partial charge in [-0.25, -0.2) is 0 Å². The van der Waals surface area contributed by atoms with Gasteiger partial charge in [-0.05, 0) is 35.7 Å². The van der Waals surface area contributed by atoms with Gasteiger partial charge in [0.2, 0.25) is 0 Å². The molecule has 0 spiro atoms. The number of hydrogen-bond acceptors (Lipinski definition) is 4. The van der Waals surface area contributed by atoms with Crippen LogP contribution in [0.25, 0.3) is 0 Å². The van der Waals surface area contributed by atoms with Crippen molar-refractivity contribution >= 4 is 11.6 Å². The molecule has 5 nitrogen and oxygen atoms in total. The number of para-hydroxylation sites is 1. The number of nitrogens with zero attached hydrogens (tertiary/aromatic N) is 1. The predicted molar refractivity (Wildman–Crippen MR) is 107 cm³/mol. The van der Waals surface area contributed by atoms with Crippen molar-refractivity contribution in [2.45, 2.75) is 20.4 Å². The molecule has 144 valence electrons. The smallest absolute Gasteiger partial charge is 0.251 e. The van der Waals surface area contributed by atoms with Crippen molar-refractivity contribution in [2.24, 2.45) is 5.92 Å². The lowest BCUT2D eigenvalue weighted by Crippen LogP contribution is -2.37. The first-order chi connectivity index (χ1) is 13.1. The van der Waals surface area contributed by atoms with Crippen molar-refractivity contribution in [3.05, 3.63) is 59.7 Å². The van der Waals surface area contributed by atoms with Gasteiger partial charge >= 0.3 is 0 Å². The van der Waals surface area contributed by atoms with E-state index in [1.807, 2.05) is 30.3 Å². The Balaban J connectivity index is 1.63. The summed E-state index contributed by atoms with van der Waals surface area (Å²) in [6.07, 6.45) is 0. The third kappa shape index (κ3) is 5.47. The summed E-state index contributed by atoms with van der Waals surface area (Å²) in [7, 11) is 0. The first kappa shape index (κ1) is 19.2. The molecule has 1 fully saturated rings. The van der Waals surface area contributed by atoms with Gasteiger partial charge in [0.15, 0.2) is 0 Å². The summed E-state index contributed by atoms with van der Waals surface area (Å²) >= 11 is 0. The molecule has 0 saturated carbocycles. The zero-order chi connectivity index (χ0) is 19.1. The van der Waals surface area contributed by atoms with Crippen molar-refractivity contribution < 1.29 is 14.3 Å². The number of rotatable bonds is 7. The van der Waals surface area contributed by atoms with E-state index in [9.17, 15) is 4.79 Å². The van der Waals surface area contributed by atoms with Gasteiger partial charge in [0.1, 0.15) is 5.75 Å². The SMILES string of the molecule is CC(C)COc1cccc(C(=O)NCc2ccccc2N2CCOCC2)c1. The summed E-state index contributed by atoms with van der Waals surface area (Å²) in [5, 5.41) is 3.03. The van der Waals surface area contributed by atoms with Gasteiger partial charge in [-0.2, -0.15) is 0 Å². The number of anilines is 1. The van der Waals surface area contributed by atoms with Crippen LogP contribution >= 0.6 is 0 Å². The van der Waals surface area contributed by atoms with Gasteiger partial charge in [-0.1, -0.05) is 38.1 Å². The number of amides is 1. The Hall–Kier alpha value is -2.53. The Kier molecular flexibility index (Phi) is 6.71. The third-order valence-corrected chi connectivity index (χ3v) is 4.46. The molecule has 1 aliphatic heterocycles. The summed E-state index contributed by atoms with van der Waals surface area (Å²) < 4.78 is 11.2. The fraction of sp³-hybridized carbons (Fsp3) is 0.409. The standard InChI is InChI=1S/C22H28N2O3/c1-17(2)16-27-20-8-5-7-18(14-20)22(25)23-15-19-6-3-4-9-21(19)24-10-12-26-13-11-24/h3-9,14,17H,10-13,15-16H2,1-2H3,(H,23,25). The largest absolute Gasteiger partial charge is 0.493 e. The maximum Gasteiger partial charge on any atom is 0.251 e. The Bertz CT molecular complexity index is 755. The van der Waals surface area contributed by atoms with Crippen molar-refractivity contribution in [1.82, 2.24) is 5.32 Å². The van der Waals surface area contributed by atoms with E-state index in [0.717, 1.165) is 43.3 Å². The molecule has 0 aromatic heterocycles. The fourth-order valence-corrected chi connectivity index (χ4v) is 3.04. The van der Waals surface area contributed by atoms with Gasteiger partial charge in [-0.15, -0.1) is 0 Å². The van der Waals surface area contributed by atoms with Crippen LogP contribution in [-0.4, -0.2) is 38.8 Å². The molecule has 1 amide bonds. The Morgan fingerprint density at radius 3 is 2.70 bits per heavy atom. The number of morpholine rings is 1. The molecular formula is C22H28N2O3. The Morgan fingerprint density at radius 2 is 1.93 bits per heavy atom. The molecule has 1 heterocycles. The van der Waals surface area contributed by atoms with Crippen molar-refractivity contribution in [2.75, 3.05) is 37.8 Å². The van der Waals surface area contributed by atoms with Gasteiger partial charge in [0.05, 0.1) is 19.8 Å². The van der Waals surface area contributed by atoms with E-state index in [0.29, 0.717) is 24.6 Å². The Morgan fingerprint density at radius 1 is 1.15 bits per heavy atom. The van der Waals surface area contributed by atoms with E-state index in [2.05, 4.69) is 36.2 Å². The van der Waals surface area contributed by atoms with Crippen molar-refractivity contribution in [3.63, 3.8) is 0 Å². The maximum absolute atomic E-state index is 12.6. The topological polar surface area (TPSA) is 50.8 Å². The second kappa shape index (κ2) is 9.42. The molecule has 0 unspecified atom stereocenters. The molecule has 0 atom stereocenters. The molecule has 27 heavy (non-hydrogen) atoms. The molecule has 0 aliphatic carbocycles. The van der Waals surface area contributed by atoms with Crippen molar-refractivity contribution in [3.8, 4) is 5.75 Å². The van der Waals surface area contributed by atoms with Gasteiger partial charge in [0, 0.05) is 30.9 Å². The number of carbonyl (C=O) groups is 1. The second-order valence-corrected chi connectivity index (χ2v) is 7.14. The highest BCUT2D eigenvalue weighted by molar-refractivity contribution is 5.94. The van der Waals surface area contributed by atoms with Crippen LogP contribution in [0.2, 0.25) is 0 Å². The van der Waals surface area contributed by atoms with Crippen LogP contribution in [0.1, 0.15) is 29.8 Å². The summed E-state index contributed by atoms with van der Waals surface area (Å²) in [6.45, 7) is 8.56. The van der Waals surface area contributed by atoms with Crippen LogP contribution in [0.5, 0.6) is 5.75 Å². The molecule has 1 aliphatic rings. The second-order valence-electron chi connectivity index (χ2n) is 7.14. The van der Waals surface area contributed by atoms with E-state index >= 15 is 0 Å². The number of hydrogen-bond donors (Lipinski definition) is 1. The van der Waals surface area contributed by atoms with Crippen LogP contribution in [0.4, 0.5) is 5.69 Å². The van der Waals surface area contributed by atoms with Crippen LogP contribution < -0.4 is 15.0 Å². The van der Waals surface area contributed by atoms with Crippen LogP contribution in [0.3, 0.4) is 0 Å². The average Bonchev–Trinajstić information content (AvgIpc) is 2.71. The third-order valence-electron chi connectivity index (χ3n) is 4.46. The Labute approximate surface area is 161 Å². The molecule has 1 N–H and O–H groups in total. The highest BCUT2D eigenvalue weighted by Gasteiger charge is 2.15. The van der Waals surface area contributed by atoms with E-state index in [4.69, 9.17) is 9.47 Å². The minimum atomic E-state index is -0.0956. The molecule has 2 aromatic rings. The normalized spacial score (nSPS) is 14.3. The van der Waals surface area contributed by atoms with Gasteiger partial charge in [-0.3, -0.25) is 4.79 Å².